The van der Waals surface area contributed by atoms with Gasteiger partial charge < -0.3 is 4.74 Å². The maximum absolute atomic E-state index is 11.2. The fourth-order valence-corrected chi connectivity index (χ4v) is 1.48. The van der Waals surface area contributed by atoms with Gasteiger partial charge in [0.15, 0.2) is 6.10 Å². The highest BCUT2D eigenvalue weighted by molar-refractivity contribution is 5.80. The lowest BCUT2D eigenvalue weighted by Gasteiger charge is -2.16. The van der Waals surface area contributed by atoms with E-state index in [1.165, 1.54) is 0 Å². The summed E-state index contributed by atoms with van der Waals surface area (Å²) in [6.45, 7) is 7.65. The van der Waals surface area contributed by atoms with Crippen molar-refractivity contribution in [2.75, 3.05) is 0 Å². The highest BCUT2D eigenvalue weighted by Crippen LogP contribution is 2.24. The van der Waals surface area contributed by atoms with Crippen LogP contribution in [0.15, 0.2) is 12.1 Å². The summed E-state index contributed by atoms with van der Waals surface area (Å²) in [4.78, 5) is 11.2. The third kappa shape index (κ3) is 2.73. The molecule has 0 aromatic heterocycles. The summed E-state index contributed by atoms with van der Waals surface area (Å²) in [6, 6.07) is 4.00. The topological polar surface area (TPSA) is 64.3 Å². The molecule has 0 aliphatic carbocycles. The summed E-state index contributed by atoms with van der Waals surface area (Å²) in [7, 11) is 0. The fraction of sp³-hybridized carbons (Fsp3) is 0.417. The van der Waals surface area contributed by atoms with E-state index in [4.69, 9.17) is 10.6 Å². The van der Waals surface area contributed by atoms with Crippen molar-refractivity contribution in [3.8, 4) is 5.75 Å². The first-order chi connectivity index (χ1) is 7.45. The van der Waals surface area contributed by atoms with Crippen LogP contribution >= 0.6 is 0 Å². The summed E-state index contributed by atoms with van der Waals surface area (Å²) in [5.74, 6) is 5.44. The Kier molecular flexibility index (Phi) is 3.90. The van der Waals surface area contributed by atoms with Crippen LogP contribution in [0.5, 0.6) is 5.75 Å². The van der Waals surface area contributed by atoms with Crippen LogP contribution in [0.3, 0.4) is 0 Å². The molecule has 1 atom stereocenters. The molecular weight excluding hydrogens is 204 g/mol. The number of carbonyl (C=O) groups is 1. The second-order valence-electron chi connectivity index (χ2n) is 3.97. The second-order valence-corrected chi connectivity index (χ2v) is 3.97. The van der Waals surface area contributed by atoms with E-state index in [1.54, 1.807) is 6.92 Å². The molecule has 3 N–H and O–H groups in total. The highest BCUT2D eigenvalue weighted by atomic mass is 16.5. The smallest absolute Gasteiger partial charge is 0.274 e. The van der Waals surface area contributed by atoms with E-state index < -0.39 is 6.10 Å². The van der Waals surface area contributed by atoms with Gasteiger partial charge in [-0.2, -0.15) is 0 Å². The Labute approximate surface area is 95.8 Å². The number of aryl methyl sites for hydroxylation is 2. The van der Waals surface area contributed by atoms with Crippen molar-refractivity contribution >= 4 is 5.91 Å². The number of carbonyl (C=O) groups excluding carboxylic acids is 1. The lowest BCUT2D eigenvalue weighted by molar-refractivity contribution is -0.127. The van der Waals surface area contributed by atoms with Crippen LogP contribution in [0.25, 0.3) is 0 Å². The van der Waals surface area contributed by atoms with Crippen molar-refractivity contribution < 1.29 is 9.53 Å². The predicted molar refractivity (Wildman–Crippen MR) is 63.1 cm³/mol. The number of hydrogen-bond donors (Lipinski definition) is 2. The van der Waals surface area contributed by atoms with E-state index in [0.29, 0.717) is 0 Å². The molecule has 0 fully saturated rings. The molecule has 0 aliphatic heterocycles. The Balaban J connectivity index is 2.93. The number of nitrogens with two attached hydrogens (primary N) is 1. The van der Waals surface area contributed by atoms with Gasteiger partial charge in [-0.25, -0.2) is 5.84 Å². The summed E-state index contributed by atoms with van der Waals surface area (Å²) < 4.78 is 5.57. The van der Waals surface area contributed by atoms with Gasteiger partial charge in [-0.3, -0.25) is 10.2 Å². The summed E-state index contributed by atoms with van der Waals surface area (Å²) in [6.07, 6.45) is -0.593. The molecular formula is C12H18N2O2. The molecule has 1 rings (SSSR count). The Morgan fingerprint density at radius 1 is 1.38 bits per heavy atom. The summed E-state index contributed by atoms with van der Waals surface area (Å²) in [5.41, 5.74) is 5.37. The molecule has 0 saturated carbocycles. The lowest BCUT2D eigenvalue weighted by atomic mass is 10.1. The number of benzene rings is 1. The van der Waals surface area contributed by atoms with E-state index >= 15 is 0 Å². The van der Waals surface area contributed by atoms with Crippen LogP contribution in [0.2, 0.25) is 0 Å². The Hall–Kier alpha value is -1.55. The minimum atomic E-state index is -0.593. The molecule has 0 bridgehead atoms. The van der Waals surface area contributed by atoms with E-state index in [2.05, 4.69) is 11.5 Å². The molecule has 0 aliphatic rings. The molecule has 0 spiro atoms. The molecule has 0 heterocycles. The van der Waals surface area contributed by atoms with Crippen LogP contribution in [0.1, 0.15) is 23.6 Å². The van der Waals surface area contributed by atoms with Crippen LogP contribution in [0, 0.1) is 20.8 Å². The molecule has 1 aromatic carbocycles. The quantitative estimate of drug-likeness (QED) is 0.461. The van der Waals surface area contributed by atoms with Crippen LogP contribution in [0.4, 0.5) is 0 Å². The van der Waals surface area contributed by atoms with Gasteiger partial charge in [-0.15, -0.1) is 0 Å². The van der Waals surface area contributed by atoms with Gasteiger partial charge in [0.25, 0.3) is 5.91 Å². The average molecular weight is 222 g/mol. The number of nitrogens with one attached hydrogen (secondary N) is 1. The highest BCUT2D eigenvalue weighted by Gasteiger charge is 2.14. The van der Waals surface area contributed by atoms with Crippen molar-refractivity contribution in [2.24, 2.45) is 5.84 Å². The molecule has 0 unspecified atom stereocenters. The van der Waals surface area contributed by atoms with Crippen molar-refractivity contribution in [1.29, 1.82) is 0 Å². The first-order valence-corrected chi connectivity index (χ1v) is 5.20. The van der Waals surface area contributed by atoms with Gasteiger partial charge in [0, 0.05) is 0 Å². The largest absolute Gasteiger partial charge is 0.481 e. The van der Waals surface area contributed by atoms with Gasteiger partial charge in [0.05, 0.1) is 0 Å². The van der Waals surface area contributed by atoms with Gasteiger partial charge in [0.2, 0.25) is 0 Å². The van der Waals surface area contributed by atoms with Crippen LogP contribution < -0.4 is 16.0 Å². The van der Waals surface area contributed by atoms with Crippen molar-refractivity contribution in [2.45, 2.75) is 33.8 Å². The average Bonchev–Trinajstić information content (AvgIpc) is 2.23. The van der Waals surface area contributed by atoms with E-state index in [-0.39, 0.29) is 5.91 Å². The molecule has 16 heavy (non-hydrogen) atoms. The molecule has 4 nitrogen and oxygen atoms in total. The van der Waals surface area contributed by atoms with E-state index in [0.717, 1.165) is 22.4 Å². The van der Waals surface area contributed by atoms with Crippen molar-refractivity contribution in [3.05, 3.63) is 28.8 Å². The van der Waals surface area contributed by atoms with Crippen molar-refractivity contribution in [3.63, 3.8) is 0 Å². The van der Waals surface area contributed by atoms with Crippen LogP contribution in [-0.4, -0.2) is 12.0 Å². The second kappa shape index (κ2) is 4.99. The normalized spacial score (nSPS) is 12.1. The number of amides is 1. The first-order valence-electron chi connectivity index (χ1n) is 5.20. The third-order valence-corrected chi connectivity index (χ3v) is 2.58. The third-order valence-electron chi connectivity index (χ3n) is 2.58. The molecule has 1 aromatic rings. The monoisotopic (exact) mass is 222 g/mol. The lowest BCUT2D eigenvalue weighted by Crippen LogP contribution is -2.40. The summed E-state index contributed by atoms with van der Waals surface area (Å²) in [5, 5.41) is 0. The minimum absolute atomic E-state index is 0.335. The van der Waals surface area contributed by atoms with Gasteiger partial charge in [-0.05, 0) is 50.5 Å². The Bertz CT molecular complexity index is 402. The fourth-order valence-electron chi connectivity index (χ4n) is 1.48. The molecule has 0 radical (unpaired) electrons. The predicted octanol–water partition coefficient (Wildman–Crippen LogP) is 1.37. The maximum atomic E-state index is 11.2. The van der Waals surface area contributed by atoms with Gasteiger partial charge in [-0.1, -0.05) is 6.07 Å². The minimum Gasteiger partial charge on any atom is -0.481 e. The molecule has 0 saturated heterocycles. The molecule has 1 amide bonds. The molecule has 4 heteroatoms. The van der Waals surface area contributed by atoms with E-state index in [9.17, 15) is 4.79 Å². The number of rotatable bonds is 3. The maximum Gasteiger partial charge on any atom is 0.274 e. The number of hydrogen-bond acceptors (Lipinski definition) is 3. The zero-order chi connectivity index (χ0) is 12.3. The number of ether oxygens (including phenoxy) is 1. The zero-order valence-electron chi connectivity index (χ0n) is 10.1. The molecule has 88 valence electrons. The standard InChI is InChI=1S/C12H18N2O2/c1-7-5-8(2)9(3)11(6-7)16-10(4)12(15)14-13/h5-6,10H,13H2,1-4H3,(H,14,15)/t10-/m1/s1. The van der Waals surface area contributed by atoms with E-state index in [1.807, 2.05) is 26.8 Å². The van der Waals surface area contributed by atoms with Gasteiger partial charge in [0.1, 0.15) is 5.75 Å². The van der Waals surface area contributed by atoms with Crippen molar-refractivity contribution in [1.82, 2.24) is 5.43 Å². The SMILES string of the molecule is Cc1cc(C)c(C)c(O[C@H](C)C(=O)NN)c1. The van der Waals surface area contributed by atoms with Crippen LogP contribution in [-0.2, 0) is 4.79 Å². The zero-order valence-corrected chi connectivity index (χ0v) is 10.1. The van der Waals surface area contributed by atoms with Gasteiger partial charge >= 0.3 is 0 Å². The first kappa shape index (κ1) is 12.5. The Morgan fingerprint density at radius 3 is 2.56 bits per heavy atom. The Morgan fingerprint density at radius 2 is 2.00 bits per heavy atom. The number of hydrazine groups is 1. The summed E-state index contributed by atoms with van der Waals surface area (Å²) >= 11 is 0.